The maximum absolute atomic E-state index is 12.8. The van der Waals surface area contributed by atoms with Gasteiger partial charge in [-0.25, -0.2) is 8.42 Å². The van der Waals surface area contributed by atoms with Gasteiger partial charge in [0.2, 0.25) is 10.0 Å². The molecule has 0 saturated carbocycles. The number of hydrogen-bond acceptors (Lipinski definition) is 4. The molecule has 1 aliphatic rings. The highest BCUT2D eigenvalue weighted by molar-refractivity contribution is 7.89. The first-order chi connectivity index (χ1) is 9.88. The van der Waals surface area contributed by atoms with Crippen LogP contribution in [0.2, 0.25) is 0 Å². The van der Waals surface area contributed by atoms with Gasteiger partial charge in [0.05, 0.1) is 19.3 Å². The molecule has 0 aromatic heterocycles. The van der Waals surface area contributed by atoms with Crippen LogP contribution in [0.1, 0.15) is 19.4 Å². The molecule has 0 N–H and O–H groups in total. The van der Waals surface area contributed by atoms with Gasteiger partial charge in [0.15, 0.2) is 0 Å². The molecule has 5 nitrogen and oxygen atoms in total. The number of benzene rings is 1. The van der Waals surface area contributed by atoms with Crippen molar-refractivity contribution in [2.75, 3.05) is 20.2 Å². The average molecular weight is 334 g/mol. The fourth-order valence-corrected chi connectivity index (χ4v) is 4.37. The van der Waals surface area contributed by atoms with Crippen molar-refractivity contribution in [2.45, 2.75) is 36.8 Å². The Morgan fingerprint density at radius 3 is 2.48 bits per heavy atom. The lowest BCUT2D eigenvalue weighted by Gasteiger charge is -2.34. The van der Waals surface area contributed by atoms with Gasteiger partial charge in [-0.05, 0) is 31.5 Å². The fourth-order valence-electron chi connectivity index (χ4n) is 2.47. The van der Waals surface area contributed by atoms with Crippen LogP contribution in [0.25, 0.3) is 0 Å². The van der Waals surface area contributed by atoms with Crippen molar-refractivity contribution in [1.29, 1.82) is 0 Å². The van der Waals surface area contributed by atoms with Gasteiger partial charge in [0.1, 0.15) is 10.6 Å². The molecule has 0 bridgehead atoms. The van der Waals surface area contributed by atoms with E-state index in [1.54, 1.807) is 18.2 Å². The fraction of sp³-hybridized carbons (Fsp3) is 0.571. The molecule has 0 radical (unpaired) electrons. The van der Waals surface area contributed by atoms with Crippen LogP contribution in [0, 0.1) is 0 Å². The second-order valence-electron chi connectivity index (χ2n) is 5.20. The number of nitrogens with zero attached hydrogens (tertiary/aromatic N) is 1. The highest BCUT2D eigenvalue weighted by Crippen LogP contribution is 2.30. The van der Waals surface area contributed by atoms with E-state index in [1.807, 2.05) is 13.8 Å². The molecular formula is C14H20ClNO4S. The summed E-state index contributed by atoms with van der Waals surface area (Å²) < 4.78 is 37.9. The molecule has 1 fully saturated rings. The van der Waals surface area contributed by atoms with Gasteiger partial charge in [-0.1, -0.05) is 6.07 Å². The van der Waals surface area contributed by atoms with E-state index in [1.165, 1.54) is 11.4 Å². The summed E-state index contributed by atoms with van der Waals surface area (Å²) in [4.78, 5) is 0.167. The number of alkyl halides is 1. The maximum Gasteiger partial charge on any atom is 0.246 e. The summed E-state index contributed by atoms with van der Waals surface area (Å²) in [5, 5.41) is 0. The lowest BCUT2D eigenvalue weighted by Crippen LogP contribution is -2.48. The molecule has 1 aromatic carbocycles. The number of halogens is 1. The quantitative estimate of drug-likeness (QED) is 0.793. The minimum atomic E-state index is -3.61. The first-order valence-corrected chi connectivity index (χ1v) is 8.74. The lowest BCUT2D eigenvalue weighted by molar-refractivity contribution is -0.0441. The molecule has 118 valence electrons. The maximum atomic E-state index is 12.8. The Morgan fingerprint density at radius 2 is 1.95 bits per heavy atom. The van der Waals surface area contributed by atoms with Crippen LogP contribution in [-0.2, 0) is 20.6 Å². The summed E-state index contributed by atoms with van der Waals surface area (Å²) in [5.74, 6) is 0.627. The zero-order valence-corrected chi connectivity index (χ0v) is 13.9. The second-order valence-corrected chi connectivity index (χ2v) is 7.37. The van der Waals surface area contributed by atoms with E-state index < -0.39 is 10.0 Å². The zero-order chi connectivity index (χ0) is 15.6. The Kier molecular flexibility index (Phi) is 5.14. The SMILES string of the molecule is COc1cc(CCl)ccc1S(=O)(=O)N1C[C@@H](C)O[C@@H](C)C1. The predicted octanol–water partition coefficient (Wildman–Crippen LogP) is 2.23. The number of hydrogen-bond donors (Lipinski definition) is 0. The molecule has 1 aromatic rings. The van der Waals surface area contributed by atoms with E-state index in [-0.39, 0.29) is 17.1 Å². The van der Waals surface area contributed by atoms with Crippen LogP contribution >= 0.6 is 11.6 Å². The van der Waals surface area contributed by atoms with Crippen LogP contribution in [0.15, 0.2) is 23.1 Å². The summed E-state index contributed by atoms with van der Waals surface area (Å²) >= 11 is 5.78. The summed E-state index contributed by atoms with van der Waals surface area (Å²) in [6, 6.07) is 4.92. The largest absolute Gasteiger partial charge is 0.495 e. The molecular weight excluding hydrogens is 314 g/mol. The van der Waals surface area contributed by atoms with E-state index in [4.69, 9.17) is 21.1 Å². The third kappa shape index (κ3) is 3.51. The molecule has 7 heteroatoms. The smallest absolute Gasteiger partial charge is 0.246 e. The van der Waals surface area contributed by atoms with Gasteiger partial charge in [0, 0.05) is 19.0 Å². The Hall–Kier alpha value is -0.820. The topological polar surface area (TPSA) is 55.8 Å². The molecule has 1 aliphatic heterocycles. The van der Waals surface area contributed by atoms with E-state index in [9.17, 15) is 8.42 Å². The van der Waals surface area contributed by atoms with Crippen LogP contribution < -0.4 is 4.74 Å². The van der Waals surface area contributed by atoms with Gasteiger partial charge in [-0.15, -0.1) is 11.6 Å². The van der Waals surface area contributed by atoms with Gasteiger partial charge in [0.25, 0.3) is 0 Å². The summed E-state index contributed by atoms with van der Waals surface area (Å²) in [6.07, 6.45) is -0.256. The third-order valence-electron chi connectivity index (χ3n) is 3.39. The van der Waals surface area contributed by atoms with Crippen molar-refractivity contribution in [2.24, 2.45) is 0 Å². The Bertz CT molecular complexity index is 595. The third-order valence-corrected chi connectivity index (χ3v) is 5.57. The first kappa shape index (κ1) is 16.5. The molecule has 0 amide bonds. The molecule has 1 heterocycles. The first-order valence-electron chi connectivity index (χ1n) is 6.77. The lowest BCUT2D eigenvalue weighted by atomic mass is 10.2. The van der Waals surface area contributed by atoms with Crippen molar-refractivity contribution in [3.05, 3.63) is 23.8 Å². The summed E-state index contributed by atoms with van der Waals surface area (Å²) in [7, 11) is -2.16. The molecule has 0 unspecified atom stereocenters. The van der Waals surface area contributed by atoms with Gasteiger partial charge in [-0.3, -0.25) is 0 Å². The molecule has 2 rings (SSSR count). The summed E-state index contributed by atoms with van der Waals surface area (Å²) in [5.41, 5.74) is 0.816. The summed E-state index contributed by atoms with van der Waals surface area (Å²) in [6.45, 7) is 4.41. The minimum absolute atomic E-state index is 0.128. The normalized spacial score (nSPS) is 24.0. The molecule has 2 atom stereocenters. The van der Waals surface area contributed by atoms with Crippen molar-refractivity contribution >= 4 is 21.6 Å². The van der Waals surface area contributed by atoms with Crippen molar-refractivity contribution in [3.63, 3.8) is 0 Å². The molecule has 0 aliphatic carbocycles. The van der Waals surface area contributed by atoms with Gasteiger partial charge < -0.3 is 9.47 Å². The van der Waals surface area contributed by atoms with Crippen LogP contribution in [0.5, 0.6) is 5.75 Å². The van der Waals surface area contributed by atoms with Crippen LogP contribution in [-0.4, -0.2) is 45.1 Å². The van der Waals surface area contributed by atoms with E-state index in [2.05, 4.69) is 0 Å². The number of ether oxygens (including phenoxy) is 2. The monoisotopic (exact) mass is 333 g/mol. The van der Waals surface area contributed by atoms with Crippen LogP contribution in [0.4, 0.5) is 0 Å². The van der Waals surface area contributed by atoms with E-state index in [0.29, 0.717) is 24.7 Å². The highest BCUT2D eigenvalue weighted by atomic mass is 35.5. The highest BCUT2D eigenvalue weighted by Gasteiger charge is 2.33. The Balaban J connectivity index is 2.39. The van der Waals surface area contributed by atoms with Gasteiger partial charge in [-0.2, -0.15) is 4.31 Å². The molecule has 0 spiro atoms. The van der Waals surface area contributed by atoms with Crippen LogP contribution in [0.3, 0.4) is 0 Å². The Labute approximate surface area is 130 Å². The number of morpholine rings is 1. The minimum Gasteiger partial charge on any atom is -0.495 e. The second kappa shape index (κ2) is 6.52. The standard InChI is InChI=1S/C14H20ClNO4S/c1-10-8-16(9-11(2)20-10)21(17,18)14-5-4-12(7-15)6-13(14)19-3/h4-6,10-11H,7-9H2,1-3H3/t10-,11+. The van der Waals surface area contributed by atoms with Crippen molar-refractivity contribution in [1.82, 2.24) is 4.31 Å². The average Bonchev–Trinajstić information content (AvgIpc) is 2.45. The van der Waals surface area contributed by atoms with E-state index >= 15 is 0 Å². The zero-order valence-electron chi connectivity index (χ0n) is 12.4. The number of sulfonamides is 1. The van der Waals surface area contributed by atoms with Gasteiger partial charge >= 0.3 is 0 Å². The molecule has 1 saturated heterocycles. The van der Waals surface area contributed by atoms with E-state index in [0.717, 1.165) is 5.56 Å². The number of rotatable bonds is 4. The molecule has 21 heavy (non-hydrogen) atoms. The van der Waals surface area contributed by atoms with Crippen molar-refractivity contribution < 1.29 is 17.9 Å². The predicted molar refractivity (Wildman–Crippen MR) is 81.3 cm³/mol. The Morgan fingerprint density at radius 1 is 1.33 bits per heavy atom. The number of methoxy groups -OCH3 is 1. The van der Waals surface area contributed by atoms with Crippen molar-refractivity contribution in [3.8, 4) is 5.75 Å².